The average molecular weight is 304 g/mol. The SMILES string of the molecule is COc1c(CNCC(CO)Cc2ccccn2)c(C)nn1C. The number of nitrogens with zero attached hydrogens (tertiary/aromatic N) is 3. The van der Waals surface area contributed by atoms with Crippen LogP contribution in [0.1, 0.15) is 17.0 Å². The van der Waals surface area contributed by atoms with E-state index < -0.39 is 0 Å². The summed E-state index contributed by atoms with van der Waals surface area (Å²) in [5.41, 5.74) is 3.01. The maximum atomic E-state index is 9.54. The van der Waals surface area contributed by atoms with Crippen LogP contribution in [-0.4, -0.2) is 40.1 Å². The largest absolute Gasteiger partial charge is 0.481 e. The van der Waals surface area contributed by atoms with E-state index >= 15 is 0 Å². The van der Waals surface area contributed by atoms with Gasteiger partial charge < -0.3 is 15.2 Å². The zero-order chi connectivity index (χ0) is 15.9. The lowest BCUT2D eigenvalue weighted by molar-refractivity contribution is 0.220. The van der Waals surface area contributed by atoms with E-state index in [-0.39, 0.29) is 12.5 Å². The highest BCUT2D eigenvalue weighted by atomic mass is 16.5. The summed E-state index contributed by atoms with van der Waals surface area (Å²) < 4.78 is 7.12. The molecule has 120 valence electrons. The van der Waals surface area contributed by atoms with Crippen LogP contribution in [0, 0.1) is 12.8 Å². The molecule has 1 atom stereocenters. The Bertz CT molecular complexity index is 583. The Labute approximate surface area is 131 Å². The van der Waals surface area contributed by atoms with Gasteiger partial charge in [0, 0.05) is 38.6 Å². The molecule has 0 aromatic carbocycles. The van der Waals surface area contributed by atoms with E-state index in [1.54, 1.807) is 18.0 Å². The highest BCUT2D eigenvalue weighted by Crippen LogP contribution is 2.20. The van der Waals surface area contributed by atoms with Gasteiger partial charge in [0.2, 0.25) is 5.88 Å². The lowest BCUT2D eigenvalue weighted by atomic mass is 10.0. The van der Waals surface area contributed by atoms with E-state index in [1.165, 1.54) is 0 Å². The molecule has 1 unspecified atom stereocenters. The number of pyridine rings is 1. The number of nitrogens with one attached hydrogen (secondary N) is 1. The van der Waals surface area contributed by atoms with Gasteiger partial charge in [0.05, 0.1) is 18.4 Å². The number of aliphatic hydroxyl groups is 1. The van der Waals surface area contributed by atoms with Crippen LogP contribution in [0.2, 0.25) is 0 Å². The van der Waals surface area contributed by atoms with E-state index in [2.05, 4.69) is 15.4 Å². The first kappa shape index (κ1) is 16.5. The molecule has 2 aromatic heterocycles. The number of hydrogen-bond acceptors (Lipinski definition) is 5. The van der Waals surface area contributed by atoms with Crippen LogP contribution < -0.4 is 10.1 Å². The molecule has 0 amide bonds. The number of aryl methyl sites for hydroxylation is 2. The molecule has 0 radical (unpaired) electrons. The van der Waals surface area contributed by atoms with Gasteiger partial charge >= 0.3 is 0 Å². The number of aromatic nitrogens is 3. The fourth-order valence-electron chi connectivity index (χ4n) is 2.56. The third-order valence-corrected chi connectivity index (χ3v) is 3.70. The van der Waals surface area contributed by atoms with Crippen molar-refractivity contribution in [3.8, 4) is 5.88 Å². The van der Waals surface area contributed by atoms with Crippen molar-refractivity contribution < 1.29 is 9.84 Å². The van der Waals surface area contributed by atoms with Crippen molar-refractivity contribution in [2.75, 3.05) is 20.3 Å². The van der Waals surface area contributed by atoms with Gasteiger partial charge in [-0.05, 0) is 31.4 Å². The molecule has 0 bridgehead atoms. The topological polar surface area (TPSA) is 72.2 Å². The van der Waals surface area contributed by atoms with Crippen molar-refractivity contribution in [1.29, 1.82) is 0 Å². The second kappa shape index (κ2) is 7.91. The molecule has 0 spiro atoms. The van der Waals surface area contributed by atoms with E-state index in [0.29, 0.717) is 13.1 Å². The number of hydrogen-bond donors (Lipinski definition) is 2. The smallest absolute Gasteiger partial charge is 0.216 e. The highest BCUT2D eigenvalue weighted by Gasteiger charge is 2.14. The third kappa shape index (κ3) is 4.05. The number of methoxy groups -OCH3 is 1. The van der Waals surface area contributed by atoms with Crippen LogP contribution in [-0.2, 0) is 20.0 Å². The Morgan fingerprint density at radius 3 is 2.86 bits per heavy atom. The van der Waals surface area contributed by atoms with E-state index in [1.807, 2.05) is 32.2 Å². The summed E-state index contributed by atoms with van der Waals surface area (Å²) in [4.78, 5) is 4.31. The zero-order valence-corrected chi connectivity index (χ0v) is 13.4. The molecule has 0 aliphatic heterocycles. The second-order valence-electron chi connectivity index (χ2n) is 5.40. The molecule has 2 aromatic rings. The molecule has 2 N–H and O–H groups in total. The summed E-state index contributed by atoms with van der Waals surface area (Å²) >= 11 is 0. The van der Waals surface area contributed by atoms with Crippen LogP contribution >= 0.6 is 0 Å². The lowest BCUT2D eigenvalue weighted by Gasteiger charge is -2.15. The normalized spacial score (nSPS) is 12.4. The zero-order valence-electron chi connectivity index (χ0n) is 13.4. The molecule has 0 fully saturated rings. The summed E-state index contributed by atoms with van der Waals surface area (Å²) in [5, 5.41) is 17.3. The maximum Gasteiger partial charge on any atom is 0.216 e. The summed E-state index contributed by atoms with van der Waals surface area (Å²) in [5.74, 6) is 0.910. The van der Waals surface area contributed by atoms with Gasteiger partial charge in [-0.2, -0.15) is 5.10 Å². The number of aliphatic hydroxyl groups excluding tert-OH is 1. The van der Waals surface area contributed by atoms with Crippen LogP contribution in [0.3, 0.4) is 0 Å². The molecule has 6 heteroatoms. The Hall–Kier alpha value is -1.92. The van der Waals surface area contributed by atoms with E-state index in [4.69, 9.17) is 4.74 Å². The first-order valence-corrected chi connectivity index (χ1v) is 7.43. The minimum Gasteiger partial charge on any atom is -0.481 e. The Kier molecular flexibility index (Phi) is 5.91. The molecule has 2 heterocycles. The van der Waals surface area contributed by atoms with Gasteiger partial charge in [-0.3, -0.25) is 4.98 Å². The number of rotatable bonds is 8. The molecule has 0 saturated carbocycles. The standard InChI is InChI=1S/C16H24N4O2/c1-12-15(16(22-3)20(2)19-12)10-17-9-13(11-21)8-14-6-4-5-7-18-14/h4-7,13,17,21H,8-11H2,1-3H3. The van der Waals surface area contributed by atoms with Crippen LogP contribution in [0.5, 0.6) is 5.88 Å². The fourth-order valence-corrected chi connectivity index (χ4v) is 2.56. The van der Waals surface area contributed by atoms with Crippen molar-refractivity contribution >= 4 is 0 Å². The molecule has 0 saturated heterocycles. The van der Waals surface area contributed by atoms with E-state index in [0.717, 1.165) is 29.3 Å². The molecule has 0 aliphatic carbocycles. The Morgan fingerprint density at radius 2 is 2.23 bits per heavy atom. The Morgan fingerprint density at radius 1 is 1.41 bits per heavy atom. The van der Waals surface area contributed by atoms with Crippen molar-refractivity contribution in [2.45, 2.75) is 19.9 Å². The van der Waals surface area contributed by atoms with Crippen molar-refractivity contribution in [3.05, 3.63) is 41.3 Å². The molecule has 6 nitrogen and oxygen atoms in total. The predicted molar refractivity (Wildman–Crippen MR) is 84.7 cm³/mol. The van der Waals surface area contributed by atoms with E-state index in [9.17, 15) is 5.11 Å². The van der Waals surface area contributed by atoms with Crippen molar-refractivity contribution in [2.24, 2.45) is 13.0 Å². The first-order valence-electron chi connectivity index (χ1n) is 7.43. The molecule has 2 rings (SSSR count). The van der Waals surface area contributed by atoms with Crippen LogP contribution in [0.15, 0.2) is 24.4 Å². The van der Waals surface area contributed by atoms with Gasteiger partial charge in [-0.15, -0.1) is 0 Å². The van der Waals surface area contributed by atoms with Crippen molar-refractivity contribution in [3.63, 3.8) is 0 Å². The minimum absolute atomic E-state index is 0.132. The fraction of sp³-hybridized carbons (Fsp3) is 0.500. The summed E-state index contributed by atoms with van der Waals surface area (Å²) in [6.07, 6.45) is 2.54. The third-order valence-electron chi connectivity index (χ3n) is 3.70. The summed E-state index contributed by atoms with van der Waals surface area (Å²) in [7, 11) is 3.52. The van der Waals surface area contributed by atoms with Crippen molar-refractivity contribution in [1.82, 2.24) is 20.1 Å². The highest BCUT2D eigenvalue weighted by molar-refractivity contribution is 5.30. The molecular weight excluding hydrogens is 280 g/mol. The van der Waals surface area contributed by atoms with Gasteiger partial charge in [-0.25, -0.2) is 4.68 Å². The lowest BCUT2D eigenvalue weighted by Crippen LogP contribution is -2.27. The summed E-state index contributed by atoms with van der Waals surface area (Å²) in [6.45, 7) is 3.48. The summed E-state index contributed by atoms with van der Waals surface area (Å²) in [6, 6.07) is 5.85. The van der Waals surface area contributed by atoms with Gasteiger partial charge in [-0.1, -0.05) is 6.07 Å². The quantitative estimate of drug-likeness (QED) is 0.763. The Balaban J connectivity index is 1.89. The second-order valence-corrected chi connectivity index (χ2v) is 5.40. The van der Waals surface area contributed by atoms with Crippen LogP contribution in [0.25, 0.3) is 0 Å². The molecule has 22 heavy (non-hydrogen) atoms. The monoisotopic (exact) mass is 304 g/mol. The maximum absolute atomic E-state index is 9.54. The average Bonchev–Trinajstić information content (AvgIpc) is 2.80. The number of ether oxygens (including phenoxy) is 1. The van der Waals surface area contributed by atoms with Gasteiger partial charge in [0.15, 0.2) is 0 Å². The van der Waals surface area contributed by atoms with Gasteiger partial charge in [0.25, 0.3) is 0 Å². The first-order chi connectivity index (χ1) is 10.7. The van der Waals surface area contributed by atoms with Crippen LogP contribution in [0.4, 0.5) is 0 Å². The predicted octanol–water partition coefficient (Wildman–Crippen LogP) is 1.07. The molecular formula is C16H24N4O2. The molecule has 0 aliphatic rings. The minimum atomic E-state index is 0.132. The van der Waals surface area contributed by atoms with Gasteiger partial charge in [0.1, 0.15) is 0 Å².